The van der Waals surface area contributed by atoms with E-state index in [-0.39, 0.29) is 18.2 Å². The molecule has 2 nitrogen and oxygen atoms in total. The number of esters is 1. The van der Waals surface area contributed by atoms with Crippen molar-refractivity contribution in [3.05, 3.63) is 33.1 Å². The molecule has 0 bridgehead atoms. The van der Waals surface area contributed by atoms with Crippen molar-refractivity contribution < 1.29 is 13.9 Å². The Kier molecular flexibility index (Phi) is 5.18. The maximum atomic E-state index is 13.6. The third-order valence-electron chi connectivity index (χ3n) is 2.09. The first kappa shape index (κ1) is 13.4. The van der Waals surface area contributed by atoms with Crippen molar-refractivity contribution in [3.8, 4) is 0 Å². The molecule has 0 aliphatic carbocycles. The molecule has 4 heteroatoms. The molecule has 16 heavy (non-hydrogen) atoms. The van der Waals surface area contributed by atoms with Crippen LogP contribution in [0.5, 0.6) is 0 Å². The molecule has 0 atom stereocenters. The van der Waals surface area contributed by atoms with Gasteiger partial charge in [-0.05, 0) is 0 Å². The van der Waals surface area contributed by atoms with E-state index in [0.717, 1.165) is 3.57 Å². The summed E-state index contributed by atoms with van der Waals surface area (Å²) in [5.74, 6) is -0.672. The Morgan fingerprint density at radius 1 is 1.44 bits per heavy atom. The van der Waals surface area contributed by atoms with Crippen LogP contribution in [-0.4, -0.2) is 22.4 Å². The molecular weight excluding hydrogens is 322 g/mol. The number of hydrogen-bond acceptors (Lipinski definition) is 2. The molecule has 0 N–H and O–H groups in total. The summed E-state index contributed by atoms with van der Waals surface area (Å²) in [6.07, 6.45) is 0.0155. The molecular formula is C12H16FIO2. The van der Waals surface area contributed by atoms with E-state index in [2.05, 4.69) is 9.86 Å². The molecule has 90 valence electrons. The average Bonchev–Trinajstić information content (AvgIpc) is 2.21. The standard InChI is InChI=1S/C12H16FIO2/c1-4-16-12(15)7-9-5-6-10(14(2)3)8-11(9)13/h5-6,8H,4,7H2,1-3H3. The Morgan fingerprint density at radius 2 is 2.12 bits per heavy atom. The normalized spacial score (nSPS) is 11.1. The van der Waals surface area contributed by atoms with Crippen LogP contribution in [0.4, 0.5) is 4.39 Å². The molecule has 1 aromatic carbocycles. The Labute approximate surface area is 103 Å². The van der Waals surface area contributed by atoms with Gasteiger partial charge in [0.1, 0.15) is 0 Å². The van der Waals surface area contributed by atoms with E-state index in [0.29, 0.717) is 12.2 Å². The molecule has 0 saturated carbocycles. The van der Waals surface area contributed by atoms with E-state index in [1.54, 1.807) is 19.1 Å². The minimum absolute atomic E-state index is 0.0155. The van der Waals surface area contributed by atoms with Crippen LogP contribution in [0.1, 0.15) is 12.5 Å². The van der Waals surface area contributed by atoms with Gasteiger partial charge in [-0.1, -0.05) is 0 Å². The zero-order valence-electron chi connectivity index (χ0n) is 9.72. The summed E-state index contributed by atoms with van der Waals surface area (Å²) in [5, 5.41) is 0. The Hall–Kier alpha value is -0.650. The van der Waals surface area contributed by atoms with Crippen LogP contribution in [0.2, 0.25) is 0 Å². The first-order valence-electron chi connectivity index (χ1n) is 4.98. The van der Waals surface area contributed by atoms with Crippen LogP contribution in [0.25, 0.3) is 0 Å². The number of benzene rings is 1. The molecule has 0 aromatic heterocycles. The number of carbonyl (C=O) groups is 1. The minimum atomic E-state index is -1.14. The van der Waals surface area contributed by atoms with Crippen molar-refractivity contribution in [2.75, 3.05) is 16.5 Å². The van der Waals surface area contributed by atoms with Gasteiger partial charge in [-0.2, -0.15) is 0 Å². The van der Waals surface area contributed by atoms with Gasteiger partial charge in [-0.25, -0.2) is 0 Å². The molecule has 1 aromatic rings. The van der Waals surface area contributed by atoms with E-state index >= 15 is 0 Å². The van der Waals surface area contributed by atoms with Crippen LogP contribution in [0.3, 0.4) is 0 Å². The van der Waals surface area contributed by atoms with Crippen molar-refractivity contribution in [1.29, 1.82) is 0 Å². The Morgan fingerprint density at radius 3 is 2.62 bits per heavy atom. The van der Waals surface area contributed by atoms with Gasteiger partial charge in [0, 0.05) is 0 Å². The predicted molar refractivity (Wildman–Crippen MR) is 71.3 cm³/mol. The third-order valence-corrected chi connectivity index (χ3v) is 5.25. The molecule has 0 radical (unpaired) electrons. The number of hydrogen-bond donors (Lipinski definition) is 0. The van der Waals surface area contributed by atoms with Crippen molar-refractivity contribution >= 4 is 25.8 Å². The number of rotatable bonds is 4. The first-order valence-corrected chi connectivity index (χ1v) is 10.4. The summed E-state index contributed by atoms with van der Waals surface area (Å²) in [6.45, 7) is 2.07. The fourth-order valence-electron chi connectivity index (χ4n) is 1.27. The van der Waals surface area contributed by atoms with E-state index in [1.807, 2.05) is 6.07 Å². The second-order valence-electron chi connectivity index (χ2n) is 3.47. The zero-order valence-corrected chi connectivity index (χ0v) is 11.9. The number of carbonyl (C=O) groups excluding carboxylic acids is 1. The predicted octanol–water partition coefficient (Wildman–Crippen LogP) is 2.87. The van der Waals surface area contributed by atoms with Crippen molar-refractivity contribution in [2.45, 2.75) is 13.3 Å². The molecule has 0 unspecified atom stereocenters. The molecule has 1 rings (SSSR count). The van der Waals surface area contributed by atoms with Gasteiger partial charge in [0.05, 0.1) is 0 Å². The SMILES string of the molecule is CCOC(=O)Cc1ccc(I(C)C)cc1F. The molecule has 0 saturated heterocycles. The summed E-state index contributed by atoms with van der Waals surface area (Å²) in [7, 11) is 0. The third kappa shape index (κ3) is 3.73. The fraction of sp³-hybridized carbons (Fsp3) is 0.417. The Bertz CT molecular complexity index is 377. The summed E-state index contributed by atoms with van der Waals surface area (Å²) in [4.78, 5) is 15.5. The number of alkyl halides is 2. The van der Waals surface area contributed by atoms with Crippen LogP contribution in [-0.2, 0) is 16.0 Å². The zero-order chi connectivity index (χ0) is 12.1. The van der Waals surface area contributed by atoms with Crippen LogP contribution >= 0.6 is 19.8 Å². The van der Waals surface area contributed by atoms with Crippen molar-refractivity contribution in [3.63, 3.8) is 0 Å². The van der Waals surface area contributed by atoms with Gasteiger partial charge >= 0.3 is 103 Å². The summed E-state index contributed by atoms with van der Waals surface area (Å²) in [6, 6.07) is 5.17. The molecule has 0 amide bonds. The van der Waals surface area contributed by atoms with E-state index in [9.17, 15) is 9.18 Å². The van der Waals surface area contributed by atoms with Crippen LogP contribution in [0.15, 0.2) is 18.2 Å². The van der Waals surface area contributed by atoms with Crippen molar-refractivity contribution in [1.82, 2.24) is 0 Å². The quantitative estimate of drug-likeness (QED) is 0.479. The van der Waals surface area contributed by atoms with Crippen LogP contribution in [0, 0.1) is 9.39 Å². The van der Waals surface area contributed by atoms with Crippen molar-refractivity contribution in [2.24, 2.45) is 0 Å². The topological polar surface area (TPSA) is 26.3 Å². The molecule has 0 spiro atoms. The maximum absolute atomic E-state index is 13.6. The van der Waals surface area contributed by atoms with Gasteiger partial charge in [0.25, 0.3) is 0 Å². The molecule has 0 aliphatic heterocycles. The van der Waals surface area contributed by atoms with E-state index in [1.165, 1.54) is 0 Å². The fourth-order valence-corrected chi connectivity index (χ4v) is 3.06. The van der Waals surface area contributed by atoms with E-state index < -0.39 is 19.8 Å². The van der Waals surface area contributed by atoms with Crippen LogP contribution < -0.4 is 0 Å². The Balaban J connectivity index is 2.79. The van der Waals surface area contributed by atoms with E-state index in [4.69, 9.17) is 4.74 Å². The van der Waals surface area contributed by atoms with Gasteiger partial charge in [-0.3, -0.25) is 0 Å². The van der Waals surface area contributed by atoms with Gasteiger partial charge in [0.2, 0.25) is 0 Å². The monoisotopic (exact) mass is 338 g/mol. The average molecular weight is 338 g/mol. The first-order chi connectivity index (χ1) is 7.54. The number of ether oxygens (including phenoxy) is 1. The molecule has 0 fully saturated rings. The van der Waals surface area contributed by atoms with Gasteiger partial charge in [0.15, 0.2) is 0 Å². The molecule has 0 heterocycles. The second kappa shape index (κ2) is 6.18. The second-order valence-corrected chi connectivity index (χ2v) is 9.03. The summed E-state index contributed by atoms with van der Waals surface area (Å²) >= 11 is -1.14. The summed E-state index contributed by atoms with van der Waals surface area (Å²) < 4.78 is 19.5. The van der Waals surface area contributed by atoms with Gasteiger partial charge in [-0.15, -0.1) is 0 Å². The molecule has 0 aliphatic rings. The number of halogens is 2. The van der Waals surface area contributed by atoms with Gasteiger partial charge < -0.3 is 0 Å². The summed E-state index contributed by atoms with van der Waals surface area (Å²) in [5.41, 5.74) is 0.417.